The van der Waals surface area contributed by atoms with E-state index in [9.17, 15) is 4.79 Å². The molecule has 0 bridgehead atoms. The van der Waals surface area contributed by atoms with E-state index in [-0.39, 0.29) is 6.42 Å². The number of rotatable bonds is 4. The Morgan fingerprint density at radius 3 is 2.35 bits per heavy atom. The maximum atomic E-state index is 10.8. The summed E-state index contributed by atoms with van der Waals surface area (Å²) in [6.07, 6.45) is 2.01. The van der Waals surface area contributed by atoms with Crippen LogP contribution in [0, 0.1) is 0 Å². The molecule has 0 aliphatic heterocycles. The van der Waals surface area contributed by atoms with Gasteiger partial charge in [0.15, 0.2) is 0 Å². The molecule has 20 heavy (non-hydrogen) atoms. The standard InChI is InChI=1S/C18H18O2/c19-18(20)11-10-14-12-17(13-6-2-1-3-7-13)16-9-5-4-8-15(14)16/h1-9,14,17H,10-12H2,(H,19,20)/t14-,17+/m0/s1. The lowest BCUT2D eigenvalue weighted by atomic mass is 9.92. The minimum Gasteiger partial charge on any atom is -0.481 e. The molecule has 0 unspecified atom stereocenters. The first kappa shape index (κ1) is 12.9. The lowest BCUT2D eigenvalue weighted by Gasteiger charge is -2.12. The van der Waals surface area contributed by atoms with Crippen LogP contribution in [-0.2, 0) is 4.79 Å². The molecule has 0 radical (unpaired) electrons. The molecular formula is C18H18O2. The molecule has 3 rings (SSSR count). The van der Waals surface area contributed by atoms with E-state index >= 15 is 0 Å². The quantitative estimate of drug-likeness (QED) is 0.901. The Kier molecular flexibility index (Phi) is 3.55. The van der Waals surface area contributed by atoms with E-state index < -0.39 is 5.97 Å². The summed E-state index contributed by atoms with van der Waals surface area (Å²) < 4.78 is 0. The smallest absolute Gasteiger partial charge is 0.303 e. The van der Waals surface area contributed by atoms with Crippen molar-refractivity contribution in [3.05, 3.63) is 71.3 Å². The van der Waals surface area contributed by atoms with Crippen LogP contribution in [-0.4, -0.2) is 11.1 Å². The normalized spacial score (nSPS) is 20.6. The van der Waals surface area contributed by atoms with Gasteiger partial charge in [-0.1, -0.05) is 54.6 Å². The van der Waals surface area contributed by atoms with Crippen molar-refractivity contribution in [3.63, 3.8) is 0 Å². The third-order valence-corrected chi connectivity index (χ3v) is 4.24. The molecule has 0 aromatic heterocycles. The highest BCUT2D eigenvalue weighted by atomic mass is 16.4. The molecule has 1 aliphatic carbocycles. The van der Waals surface area contributed by atoms with Crippen LogP contribution in [0.3, 0.4) is 0 Å². The van der Waals surface area contributed by atoms with E-state index in [1.807, 2.05) is 6.07 Å². The highest BCUT2D eigenvalue weighted by molar-refractivity contribution is 5.66. The second-order valence-corrected chi connectivity index (χ2v) is 5.46. The highest BCUT2D eigenvalue weighted by Crippen LogP contribution is 2.46. The van der Waals surface area contributed by atoms with Gasteiger partial charge in [0.05, 0.1) is 0 Å². The Labute approximate surface area is 119 Å². The van der Waals surface area contributed by atoms with E-state index in [0.717, 1.165) is 12.8 Å². The minimum absolute atomic E-state index is 0.251. The van der Waals surface area contributed by atoms with Gasteiger partial charge in [0.25, 0.3) is 0 Å². The van der Waals surface area contributed by atoms with Crippen molar-refractivity contribution in [3.8, 4) is 0 Å². The zero-order chi connectivity index (χ0) is 13.9. The largest absolute Gasteiger partial charge is 0.481 e. The third kappa shape index (κ3) is 2.46. The number of hydrogen-bond acceptors (Lipinski definition) is 1. The third-order valence-electron chi connectivity index (χ3n) is 4.24. The topological polar surface area (TPSA) is 37.3 Å². The second kappa shape index (κ2) is 5.49. The van der Waals surface area contributed by atoms with Crippen molar-refractivity contribution in [2.75, 3.05) is 0 Å². The predicted octanol–water partition coefficient (Wildman–Crippen LogP) is 4.17. The summed E-state index contributed by atoms with van der Waals surface area (Å²) >= 11 is 0. The lowest BCUT2D eigenvalue weighted by molar-refractivity contribution is -0.137. The molecule has 2 heteroatoms. The van der Waals surface area contributed by atoms with E-state index in [4.69, 9.17) is 5.11 Å². The summed E-state index contributed by atoms with van der Waals surface area (Å²) in [5, 5.41) is 8.90. The highest BCUT2D eigenvalue weighted by Gasteiger charge is 2.31. The SMILES string of the molecule is O=C(O)CC[C@H]1C[C@H](c2ccccc2)c2ccccc21. The van der Waals surface area contributed by atoms with Gasteiger partial charge in [-0.25, -0.2) is 0 Å². The van der Waals surface area contributed by atoms with Crippen LogP contribution < -0.4 is 0 Å². The Bertz CT molecular complexity index is 604. The van der Waals surface area contributed by atoms with Crippen LogP contribution in [0.1, 0.15) is 47.8 Å². The molecule has 2 atom stereocenters. The number of carbonyl (C=O) groups is 1. The molecule has 0 amide bonds. The maximum absolute atomic E-state index is 10.8. The summed E-state index contributed by atoms with van der Waals surface area (Å²) in [7, 11) is 0. The number of aliphatic carboxylic acids is 1. The zero-order valence-electron chi connectivity index (χ0n) is 11.3. The van der Waals surface area contributed by atoms with Gasteiger partial charge >= 0.3 is 5.97 Å². The molecular weight excluding hydrogens is 248 g/mol. The molecule has 2 aromatic carbocycles. The monoisotopic (exact) mass is 266 g/mol. The average molecular weight is 266 g/mol. The van der Waals surface area contributed by atoms with Crippen LogP contribution >= 0.6 is 0 Å². The van der Waals surface area contributed by atoms with Crippen molar-refractivity contribution < 1.29 is 9.90 Å². The minimum atomic E-state index is -0.703. The van der Waals surface area contributed by atoms with Crippen LogP contribution in [0.15, 0.2) is 54.6 Å². The van der Waals surface area contributed by atoms with Gasteiger partial charge < -0.3 is 5.11 Å². The first-order valence-corrected chi connectivity index (χ1v) is 7.11. The van der Waals surface area contributed by atoms with Crippen LogP contribution in [0.25, 0.3) is 0 Å². The van der Waals surface area contributed by atoms with Gasteiger partial charge in [-0.2, -0.15) is 0 Å². The van der Waals surface area contributed by atoms with Crippen LogP contribution in [0.5, 0.6) is 0 Å². The van der Waals surface area contributed by atoms with Crippen LogP contribution in [0.4, 0.5) is 0 Å². The zero-order valence-corrected chi connectivity index (χ0v) is 11.3. The number of carboxylic acids is 1. The first-order chi connectivity index (χ1) is 9.75. The van der Waals surface area contributed by atoms with Gasteiger partial charge in [0.2, 0.25) is 0 Å². The van der Waals surface area contributed by atoms with Gasteiger partial charge in [-0.3, -0.25) is 4.79 Å². The van der Waals surface area contributed by atoms with Crippen molar-refractivity contribution in [1.82, 2.24) is 0 Å². The van der Waals surface area contributed by atoms with E-state index in [2.05, 4.69) is 48.5 Å². The number of fused-ring (bicyclic) bond motifs is 1. The molecule has 2 nitrogen and oxygen atoms in total. The Balaban J connectivity index is 1.90. The number of hydrogen-bond donors (Lipinski definition) is 1. The summed E-state index contributed by atoms with van der Waals surface area (Å²) in [6.45, 7) is 0. The molecule has 0 heterocycles. The van der Waals surface area contributed by atoms with Crippen molar-refractivity contribution in [1.29, 1.82) is 0 Å². The summed E-state index contributed by atoms with van der Waals surface area (Å²) in [5.41, 5.74) is 4.04. The van der Waals surface area contributed by atoms with Gasteiger partial charge in [0, 0.05) is 12.3 Å². The second-order valence-electron chi connectivity index (χ2n) is 5.46. The van der Waals surface area contributed by atoms with Crippen LogP contribution in [0.2, 0.25) is 0 Å². The number of carboxylic acid groups (broad SMARTS) is 1. The molecule has 0 saturated carbocycles. The molecule has 0 fully saturated rings. The molecule has 1 N–H and O–H groups in total. The first-order valence-electron chi connectivity index (χ1n) is 7.11. The summed E-state index contributed by atoms with van der Waals surface area (Å²) in [5.74, 6) is 0.0735. The summed E-state index contributed by atoms with van der Waals surface area (Å²) in [4.78, 5) is 10.8. The number of benzene rings is 2. The maximum Gasteiger partial charge on any atom is 0.303 e. The Morgan fingerprint density at radius 2 is 1.65 bits per heavy atom. The molecule has 102 valence electrons. The fraction of sp³-hybridized carbons (Fsp3) is 0.278. The predicted molar refractivity (Wildman–Crippen MR) is 79.0 cm³/mol. The molecule has 2 aromatic rings. The van der Waals surface area contributed by atoms with Gasteiger partial charge in [-0.05, 0) is 35.4 Å². The fourth-order valence-corrected chi connectivity index (χ4v) is 3.31. The molecule has 0 saturated heterocycles. The fourth-order valence-electron chi connectivity index (χ4n) is 3.31. The molecule has 0 spiro atoms. The van der Waals surface area contributed by atoms with E-state index in [0.29, 0.717) is 11.8 Å². The van der Waals surface area contributed by atoms with Gasteiger partial charge in [0.1, 0.15) is 0 Å². The Morgan fingerprint density at radius 1 is 1.00 bits per heavy atom. The van der Waals surface area contributed by atoms with Crippen molar-refractivity contribution in [2.45, 2.75) is 31.1 Å². The Hall–Kier alpha value is -2.09. The van der Waals surface area contributed by atoms with Gasteiger partial charge in [-0.15, -0.1) is 0 Å². The van der Waals surface area contributed by atoms with Crippen molar-refractivity contribution >= 4 is 5.97 Å². The lowest BCUT2D eigenvalue weighted by Crippen LogP contribution is -2.01. The van der Waals surface area contributed by atoms with Crippen molar-refractivity contribution in [2.24, 2.45) is 0 Å². The summed E-state index contributed by atoms with van der Waals surface area (Å²) in [6, 6.07) is 19.0. The van der Waals surface area contributed by atoms with E-state index in [1.54, 1.807) is 0 Å². The molecule has 1 aliphatic rings. The average Bonchev–Trinajstić information content (AvgIpc) is 2.85. The van der Waals surface area contributed by atoms with E-state index in [1.165, 1.54) is 16.7 Å².